The molecule has 0 bridgehead atoms. The van der Waals surface area contributed by atoms with Crippen LogP contribution in [-0.2, 0) is 6.18 Å². The van der Waals surface area contributed by atoms with Crippen molar-refractivity contribution in [2.24, 2.45) is 0 Å². The maximum Gasteiger partial charge on any atom is 0.426 e. The molecule has 9 heteroatoms. The second kappa shape index (κ2) is 4.99. The monoisotopic (exact) mass is 288 g/mol. The van der Waals surface area contributed by atoms with Gasteiger partial charge in [0.05, 0.1) is 14.2 Å². The van der Waals surface area contributed by atoms with E-state index in [1.807, 2.05) is 0 Å². The Balaban J connectivity index is 2.68. The van der Waals surface area contributed by atoms with Crippen molar-refractivity contribution in [2.75, 3.05) is 14.2 Å². The molecule has 0 atom stereocenters. The molecule has 2 aromatic heterocycles. The minimum Gasteiger partial charge on any atom is -0.480 e. The van der Waals surface area contributed by atoms with E-state index in [1.54, 1.807) is 6.92 Å². The number of alkyl halides is 3. The number of nitrogens with zero attached hydrogens (tertiary/aromatic N) is 4. The minimum absolute atomic E-state index is 0.0123. The molecule has 0 aliphatic rings. The van der Waals surface area contributed by atoms with Crippen LogP contribution in [0.2, 0.25) is 0 Å². The zero-order valence-corrected chi connectivity index (χ0v) is 10.9. The van der Waals surface area contributed by atoms with Crippen LogP contribution in [-0.4, -0.2) is 33.7 Å². The van der Waals surface area contributed by atoms with Gasteiger partial charge in [0.15, 0.2) is 5.56 Å². The van der Waals surface area contributed by atoms with Crippen molar-refractivity contribution < 1.29 is 22.6 Å². The molecule has 0 fully saturated rings. The summed E-state index contributed by atoms with van der Waals surface area (Å²) in [4.78, 5) is 11.5. The number of halogens is 3. The fraction of sp³-hybridized carbons (Fsp3) is 0.364. The number of hydrogen-bond acceptors (Lipinski definition) is 5. The molecule has 0 aliphatic carbocycles. The molecule has 0 aromatic carbocycles. The van der Waals surface area contributed by atoms with Crippen LogP contribution in [0.3, 0.4) is 0 Å². The first-order valence-electron chi connectivity index (χ1n) is 5.46. The standard InChI is InChI=1S/C11H11F3N4O2/c1-6-15-4-5-18(6)10-16-8(19-2)7(11(12,13)14)9(17-10)20-3/h4-5H,1-3H3. The highest BCUT2D eigenvalue weighted by Crippen LogP contribution is 2.40. The van der Waals surface area contributed by atoms with E-state index >= 15 is 0 Å². The zero-order chi connectivity index (χ0) is 14.9. The molecule has 0 aliphatic heterocycles. The molecule has 0 amide bonds. The van der Waals surface area contributed by atoms with E-state index in [-0.39, 0.29) is 5.95 Å². The van der Waals surface area contributed by atoms with E-state index in [0.29, 0.717) is 5.82 Å². The van der Waals surface area contributed by atoms with Gasteiger partial charge in [-0.3, -0.25) is 4.57 Å². The van der Waals surface area contributed by atoms with Gasteiger partial charge in [-0.25, -0.2) is 4.98 Å². The van der Waals surface area contributed by atoms with Crippen LogP contribution in [0.25, 0.3) is 5.95 Å². The lowest BCUT2D eigenvalue weighted by Crippen LogP contribution is -2.15. The number of aryl methyl sites for hydroxylation is 1. The third-order valence-electron chi connectivity index (χ3n) is 2.54. The molecule has 6 nitrogen and oxygen atoms in total. The summed E-state index contributed by atoms with van der Waals surface area (Å²) >= 11 is 0. The SMILES string of the molecule is COc1nc(-n2ccnc2C)nc(OC)c1C(F)(F)F. The van der Waals surface area contributed by atoms with E-state index in [2.05, 4.69) is 15.0 Å². The van der Waals surface area contributed by atoms with Gasteiger partial charge in [0.1, 0.15) is 5.82 Å². The van der Waals surface area contributed by atoms with Crippen LogP contribution in [0.5, 0.6) is 11.8 Å². The Labute approximate surface area is 112 Å². The summed E-state index contributed by atoms with van der Waals surface area (Å²) in [5, 5.41) is 0. The van der Waals surface area contributed by atoms with E-state index < -0.39 is 23.5 Å². The summed E-state index contributed by atoms with van der Waals surface area (Å²) in [5.41, 5.74) is -1.15. The van der Waals surface area contributed by atoms with Gasteiger partial charge in [0.2, 0.25) is 17.7 Å². The average molecular weight is 288 g/mol. The fourth-order valence-electron chi connectivity index (χ4n) is 1.64. The first-order valence-corrected chi connectivity index (χ1v) is 5.46. The first-order chi connectivity index (χ1) is 9.38. The summed E-state index contributed by atoms with van der Waals surface area (Å²) in [7, 11) is 2.20. The van der Waals surface area contributed by atoms with Gasteiger partial charge in [-0.2, -0.15) is 23.1 Å². The topological polar surface area (TPSA) is 62.1 Å². The predicted octanol–water partition coefficient (Wildman–Crippen LogP) is 2.01. The van der Waals surface area contributed by atoms with E-state index in [1.165, 1.54) is 17.0 Å². The summed E-state index contributed by atoms with van der Waals surface area (Å²) in [6.45, 7) is 1.67. The van der Waals surface area contributed by atoms with Crippen LogP contribution in [0.4, 0.5) is 13.2 Å². The second-order valence-corrected chi connectivity index (χ2v) is 3.76. The molecule has 2 heterocycles. The Bertz CT molecular complexity index is 599. The predicted molar refractivity (Wildman–Crippen MR) is 62.0 cm³/mol. The summed E-state index contributed by atoms with van der Waals surface area (Å²) < 4.78 is 49.8. The molecule has 0 radical (unpaired) electrons. The average Bonchev–Trinajstić information content (AvgIpc) is 2.82. The maximum atomic E-state index is 13.0. The Hall–Kier alpha value is -2.32. The van der Waals surface area contributed by atoms with Crippen LogP contribution < -0.4 is 9.47 Å². The normalized spacial score (nSPS) is 11.5. The van der Waals surface area contributed by atoms with Crippen molar-refractivity contribution in [3.63, 3.8) is 0 Å². The van der Waals surface area contributed by atoms with Gasteiger partial charge in [-0.05, 0) is 6.92 Å². The smallest absolute Gasteiger partial charge is 0.426 e. The zero-order valence-electron chi connectivity index (χ0n) is 10.9. The Morgan fingerprint density at radius 2 is 1.65 bits per heavy atom. The molecular weight excluding hydrogens is 277 g/mol. The molecule has 0 saturated carbocycles. The lowest BCUT2D eigenvalue weighted by atomic mass is 10.3. The van der Waals surface area contributed by atoms with E-state index in [9.17, 15) is 13.2 Å². The molecule has 0 unspecified atom stereocenters. The Kier molecular flexibility index (Phi) is 3.51. The fourth-order valence-corrected chi connectivity index (χ4v) is 1.64. The molecule has 20 heavy (non-hydrogen) atoms. The molecule has 2 aromatic rings. The van der Waals surface area contributed by atoms with Crippen molar-refractivity contribution in [3.05, 3.63) is 23.8 Å². The van der Waals surface area contributed by atoms with Crippen molar-refractivity contribution in [3.8, 4) is 17.7 Å². The minimum atomic E-state index is -4.68. The van der Waals surface area contributed by atoms with Crippen LogP contribution in [0, 0.1) is 6.92 Å². The van der Waals surface area contributed by atoms with Gasteiger partial charge in [0.25, 0.3) is 0 Å². The number of aromatic nitrogens is 4. The Morgan fingerprint density at radius 3 is 2.00 bits per heavy atom. The highest BCUT2D eigenvalue weighted by molar-refractivity contribution is 5.41. The highest BCUT2D eigenvalue weighted by atomic mass is 19.4. The quantitative estimate of drug-likeness (QED) is 0.864. The van der Waals surface area contributed by atoms with E-state index in [4.69, 9.17) is 9.47 Å². The van der Waals surface area contributed by atoms with Crippen LogP contribution >= 0.6 is 0 Å². The highest BCUT2D eigenvalue weighted by Gasteiger charge is 2.41. The second-order valence-electron chi connectivity index (χ2n) is 3.76. The number of imidazole rings is 1. The van der Waals surface area contributed by atoms with Gasteiger partial charge >= 0.3 is 6.18 Å². The van der Waals surface area contributed by atoms with Crippen molar-refractivity contribution in [1.82, 2.24) is 19.5 Å². The number of hydrogen-bond donors (Lipinski definition) is 0. The van der Waals surface area contributed by atoms with Crippen molar-refractivity contribution in [2.45, 2.75) is 13.1 Å². The lowest BCUT2D eigenvalue weighted by molar-refractivity contribution is -0.140. The van der Waals surface area contributed by atoms with Crippen LogP contribution in [0.15, 0.2) is 12.4 Å². The molecule has 0 spiro atoms. The van der Waals surface area contributed by atoms with Crippen molar-refractivity contribution in [1.29, 1.82) is 0 Å². The van der Waals surface area contributed by atoms with Crippen molar-refractivity contribution >= 4 is 0 Å². The third-order valence-corrected chi connectivity index (χ3v) is 2.54. The third kappa shape index (κ3) is 2.38. The number of ether oxygens (including phenoxy) is 2. The van der Waals surface area contributed by atoms with E-state index in [0.717, 1.165) is 14.2 Å². The molecule has 0 N–H and O–H groups in total. The summed E-state index contributed by atoms with van der Waals surface area (Å²) in [6, 6.07) is 0. The van der Waals surface area contributed by atoms with Gasteiger partial charge in [0, 0.05) is 12.4 Å². The number of methoxy groups -OCH3 is 2. The molecular formula is C11H11F3N4O2. The van der Waals surface area contributed by atoms with Gasteiger partial charge in [-0.1, -0.05) is 0 Å². The molecule has 2 rings (SSSR count). The first kappa shape index (κ1) is 14.1. The van der Waals surface area contributed by atoms with Crippen LogP contribution in [0.1, 0.15) is 11.4 Å². The maximum absolute atomic E-state index is 13.0. The number of rotatable bonds is 3. The van der Waals surface area contributed by atoms with Gasteiger partial charge in [-0.15, -0.1) is 0 Å². The summed E-state index contributed by atoms with van der Waals surface area (Å²) in [5.74, 6) is -0.699. The lowest BCUT2D eigenvalue weighted by Gasteiger charge is -2.15. The largest absolute Gasteiger partial charge is 0.480 e. The molecule has 0 saturated heterocycles. The molecule has 108 valence electrons. The Morgan fingerprint density at radius 1 is 1.10 bits per heavy atom. The summed E-state index contributed by atoms with van der Waals surface area (Å²) in [6.07, 6.45) is -1.68. The van der Waals surface area contributed by atoms with Gasteiger partial charge < -0.3 is 9.47 Å².